The second kappa shape index (κ2) is 7.67. The van der Waals surface area contributed by atoms with Gasteiger partial charge in [0, 0.05) is 17.5 Å². The van der Waals surface area contributed by atoms with E-state index in [2.05, 4.69) is 0 Å². The van der Waals surface area contributed by atoms with Crippen molar-refractivity contribution in [3.05, 3.63) is 41.5 Å². The molecule has 2 aromatic carbocycles. The number of carbonyl (C=O) groups is 2. The first-order valence-corrected chi connectivity index (χ1v) is 10.2. The standard InChI is InChI=1S/C24H26O6/c1-14-11-12-24(14,23(26)27)13-30-21-18(8-10-20(28-2)22(21)29-3)15-5-4-6-17-16(15)7-9-19(17)25/h4-6,8,10,14H,7,9,11-13H2,1-3H3,(H,26,27). The van der Waals surface area contributed by atoms with Crippen LogP contribution in [0.2, 0.25) is 0 Å². The lowest BCUT2D eigenvalue weighted by molar-refractivity contribution is -0.163. The zero-order valence-electron chi connectivity index (χ0n) is 17.5. The summed E-state index contributed by atoms with van der Waals surface area (Å²) in [5.41, 5.74) is 2.50. The molecule has 1 fully saturated rings. The van der Waals surface area contributed by atoms with Gasteiger partial charge in [-0.15, -0.1) is 0 Å². The molecule has 0 spiro atoms. The van der Waals surface area contributed by atoms with Crippen LogP contribution >= 0.6 is 0 Å². The Labute approximate surface area is 175 Å². The minimum Gasteiger partial charge on any atom is -0.493 e. The Bertz CT molecular complexity index is 1010. The van der Waals surface area contributed by atoms with E-state index >= 15 is 0 Å². The average molecular weight is 410 g/mol. The van der Waals surface area contributed by atoms with Crippen LogP contribution in [-0.2, 0) is 11.2 Å². The predicted octanol–water partition coefficient (Wildman–Crippen LogP) is 4.38. The van der Waals surface area contributed by atoms with Gasteiger partial charge >= 0.3 is 5.97 Å². The van der Waals surface area contributed by atoms with Gasteiger partial charge < -0.3 is 19.3 Å². The number of ether oxygens (including phenoxy) is 3. The fourth-order valence-corrected chi connectivity index (χ4v) is 4.57. The molecule has 2 atom stereocenters. The van der Waals surface area contributed by atoms with Crippen molar-refractivity contribution in [2.24, 2.45) is 11.3 Å². The zero-order chi connectivity index (χ0) is 21.5. The first-order chi connectivity index (χ1) is 14.4. The highest BCUT2D eigenvalue weighted by atomic mass is 16.5. The number of benzene rings is 2. The summed E-state index contributed by atoms with van der Waals surface area (Å²) in [5, 5.41) is 9.83. The highest BCUT2D eigenvalue weighted by molar-refractivity contribution is 6.02. The van der Waals surface area contributed by atoms with Gasteiger partial charge in [-0.1, -0.05) is 25.1 Å². The molecule has 30 heavy (non-hydrogen) atoms. The quantitative estimate of drug-likeness (QED) is 0.730. The summed E-state index contributed by atoms with van der Waals surface area (Å²) in [6.07, 6.45) is 2.62. The average Bonchev–Trinajstić information content (AvgIpc) is 3.13. The van der Waals surface area contributed by atoms with Crippen LogP contribution in [-0.4, -0.2) is 37.7 Å². The molecule has 0 amide bonds. The van der Waals surface area contributed by atoms with Crippen molar-refractivity contribution in [1.29, 1.82) is 0 Å². The molecule has 2 aliphatic rings. The Morgan fingerprint density at radius 3 is 2.43 bits per heavy atom. The lowest BCUT2D eigenvalue weighted by Crippen LogP contribution is -2.49. The maximum atomic E-state index is 12.2. The van der Waals surface area contributed by atoms with Crippen LogP contribution in [0.25, 0.3) is 11.1 Å². The molecule has 4 rings (SSSR count). The van der Waals surface area contributed by atoms with E-state index in [1.165, 1.54) is 7.11 Å². The summed E-state index contributed by atoms with van der Waals surface area (Å²) in [7, 11) is 3.08. The Kier molecular flexibility index (Phi) is 5.18. The number of rotatable bonds is 7. The summed E-state index contributed by atoms with van der Waals surface area (Å²) in [6.45, 7) is 1.99. The van der Waals surface area contributed by atoms with Crippen LogP contribution in [0.4, 0.5) is 0 Å². The molecule has 1 N–H and O–H groups in total. The number of ketones is 1. The Balaban J connectivity index is 1.81. The number of carbonyl (C=O) groups excluding carboxylic acids is 1. The number of Topliss-reactive ketones (excluding diaryl/α,β-unsaturated/α-hetero) is 1. The number of carboxylic acids is 1. The Hall–Kier alpha value is -3.02. The van der Waals surface area contributed by atoms with Crippen LogP contribution in [0.1, 0.15) is 42.1 Å². The van der Waals surface area contributed by atoms with Gasteiger partial charge in [-0.25, -0.2) is 0 Å². The SMILES string of the molecule is COc1ccc(-c2cccc3c2CCC3=O)c(OCC2(C(=O)O)CCC2C)c1OC. The third kappa shape index (κ3) is 3.02. The lowest BCUT2D eigenvalue weighted by atomic mass is 9.61. The molecule has 6 heteroatoms. The molecule has 1 saturated carbocycles. The maximum absolute atomic E-state index is 12.2. The Morgan fingerprint density at radius 2 is 1.83 bits per heavy atom. The topological polar surface area (TPSA) is 82.1 Å². The van der Waals surface area contributed by atoms with Crippen molar-refractivity contribution >= 4 is 11.8 Å². The van der Waals surface area contributed by atoms with E-state index in [0.717, 1.165) is 28.7 Å². The number of carboxylic acid groups (broad SMARTS) is 1. The van der Waals surface area contributed by atoms with Crippen LogP contribution in [0.5, 0.6) is 17.2 Å². The minimum absolute atomic E-state index is 0.0358. The highest BCUT2D eigenvalue weighted by Gasteiger charge is 2.51. The van der Waals surface area contributed by atoms with E-state index in [0.29, 0.717) is 36.5 Å². The predicted molar refractivity (Wildman–Crippen MR) is 112 cm³/mol. The normalized spacial score (nSPS) is 22.2. The molecule has 2 unspecified atom stereocenters. The molecule has 6 nitrogen and oxygen atoms in total. The van der Waals surface area contributed by atoms with Crippen LogP contribution in [0, 0.1) is 11.3 Å². The fourth-order valence-electron chi connectivity index (χ4n) is 4.57. The van der Waals surface area contributed by atoms with Crippen molar-refractivity contribution in [3.8, 4) is 28.4 Å². The van der Waals surface area contributed by atoms with Crippen molar-refractivity contribution in [3.63, 3.8) is 0 Å². The van der Waals surface area contributed by atoms with Gasteiger partial charge in [0.1, 0.15) is 12.0 Å². The number of fused-ring (bicyclic) bond motifs is 1. The van der Waals surface area contributed by atoms with Crippen LogP contribution in [0.15, 0.2) is 30.3 Å². The summed E-state index contributed by atoms with van der Waals surface area (Å²) < 4.78 is 17.3. The highest BCUT2D eigenvalue weighted by Crippen LogP contribution is 2.50. The van der Waals surface area contributed by atoms with Gasteiger partial charge in [-0.3, -0.25) is 9.59 Å². The molecule has 2 aliphatic carbocycles. The number of aliphatic carboxylic acids is 1. The van der Waals surface area contributed by atoms with E-state index in [-0.39, 0.29) is 18.3 Å². The first-order valence-electron chi connectivity index (χ1n) is 10.2. The summed E-state index contributed by atoms with van der Waals surface area (Å²) in [4.78, 5) is 24.2. The monoisotopic (exact) mass is 410 g/mol. The second-order valence-electron chi connectivity index (χ2n) is 8.12. The molecule has 2 aromatic rings. The number of methoxy groups -OCH3 is 2. The fraction of sp³-hybridized carbons (Fsp3) is 0.417. The molecule has 158 valence electrons. The van der Waals surface area contributed by atoms with E-state index < -0.39 is 11.4 Å². The Morgan fingerprint density at radius 1 is 1.07 bits per heavy atom. The van der Waals surface area contributed by atoms with E-state index in [9.17, 15) is 14.7 Å². The largest absolute Gasteiger partial charge is 0.493 e. The van der Waals surface area contributed by atoms with Crippen molar-refractivity contribution in [2.45, 2.75) is 32.6 Å². The smallest absolute Gasteiger partial charge is 0.313 e. The van der Waals surface area contributed by atoms with Gasteiger partial charge in [0.05, 0.1) is 14.2 Å². The first kappa shape index (κ1) is 20.3. The van der Waals surface area contributed by atoms with Crippen molar-refractivity contribution in [1.82, 2.24) is 0 Å². The number of hydrogen-bond acceptors (Lipinski definition) is 5. The van der Waals surface area contributed by atoms with Crippen LogP contribution < -0.4 is 14.2 Å². The van der Waals surface area contributed by atoms with Crippen molar-refractivity contribution in [2.75, 3.05) is 20.8 Å². The molecule has 0 radical (unpaired) electrons. The zero-order valence-corrected chi connectivity index (χ0v) is 17.5. The lowest BCUT2D eigenvalue weighted by Gasteiger charge is -2.44. The van der Waals surface area contributed by atoms with Gasteiger partial charge in [0.2, 0.25) is 5.75 Å². The molecular formula is C24H26O6. The molecule has 0 bridgehead atoms. The molecule has 0 aliphatic heterocycles. The van der Waals surface area contributed by atoms with E-state index in [1.807, 2.05) is 31.2 Å². The van der Waals surface area contributed by atoms with Gasteiger partial charge in [0.15, 0.2) is 17.3 Å². The summed E-state index contributed by atoms with van der Waals surface area (Å²) in [5.74, 6) is 0.715. The van der Waals surface area contributed by atoms with Gasteiger partial charge in [-0.2, -0.15) is 0 Å². The maximum Gasteiger partial charge on any atom is 0.313 e. The summed E-state index contributed by atoms with van der Waals surface area (Å²) in [6, 6.07) is 9.36. The second-order valence-corrected chi connectivity index (χ2v) is 8.12. The number of hydrogen-bond donors (Lipinski definition) is 1. The van der Waals surface area contributed by atoms with Crippen molar-refractivity contribution < 1.29 is 28.9 Å². The third-order valence-corrected chi connectivity index (χ3v) is 6.74. The molecular weight excluding hydrogens is 384 g/mol. The molecule has 0 saturated heterocycles. The van der Waals surface area contributed by atoms with Gasteiger partial charge in [-0.05, 0) is 48.4 Å². The minimum atomic E-state index is -0.903. The molecule has 0 aromatic heterocycles. The molecule has 0 heterocycles. The van der Waals surface area contributed by atoms with E-state index in [1.54, 1.807) is 13.2 Å². The van der Waals surface area contributed by atoms with E-state index in [4.69, 9.17) is 14.2 Å². The third-order valence-electron chi connectivity index (χ3n) is 6.74. The van der Waals surface area contributed by atoms with Gasteiger partial charge in [0.25, 0.3) is 0 Å². The van der Waals surface area contributed by atoms with Crippen LogP contribution in [0.3, 0.4) is 0 Å². The summed E-state index contributed by atoms with van der Waals surface area (Å²) >= 11 is 0.